The maximum absolute atomic E-state index is 6.12. The molecule has 1 aromatic rings. The molecule has 1 spiro atoms. The van der Waals surface area contributed by atoms with Crippen LogP contribution in [0.2, 0.25) is 0 Å². The molecule has 1 unspecified atom stereocenters. The second-order valence-corrected chi connectivity index (χ2v) is 4.32. The minimum atomic E-state index is 0.106. The number of rotatable bonds is 0. The van der Waals surface area contributed by atoms with Gasteiger partial charge in [0.1, 0.15) is 11.4 Å². The zero-order chi connectivity index (χ0) is 9.43. The predicted octanol–water partition coefficient (Wildman–Crippen LogP) is 1.74. The van der Waals surface area contributed by atoms with Crippen molar-refractivity contribution >= 4 is 0 Å². The van der Waals surface area contributed by atoms with E-state index < -0.39 is 0 Å². The Kier molecular flexibility index (Phi) is 1.77. The number of hydrogen-bond donors (Lipinski definition) is 1. The van der Waals surface area contributed by atoms with Gasteiger partial charge in [-0.25, -0.2) is 0 Å². The van der Waals surface area contributed by atoms with E-state index in [2.05, 4.69) is 29.6 Å². The first-order valence-electron chi connectivity index (χ1n) is 5.36. The molecule has 2 heterocycles. The Hall–Kier alpha value is -1.02. The van der Waals surface area contributed by atoms with Gasteiger partial charge in [0.05, 0.1) is 0 Å². The Morgan fingerprint density at radius 2 is 2.14 bits per heavy atom. The zero-order valence-corrected chi connectivity index (χ0v) is 8.25. The van der Waals surface area contributed by atoms with Gasteiger partial charge in [0.15, 0.2) is 0 Å². The van der Waals surface area contributed by atoms with Crippen molar-refractivity contribution in [3.63, 3.8) is 0 Å². The van der Waals surface area contributed by atoms with Crippen molar-refractivity contribution in [1.82, 2.24) is 5.32 Å². The summed E-state index contributed by atoms with van der Waals surface area (Å²) in [4.78, 5) is 0. The molecule has 1 atom stereocenters. The van der Waals surface area contributed by atoms with E-state index >= 15 is 0 Å². The summed E-state index contributed by atoms with van der Waals surface area (Å²) in [5.74, 6) is 1.10. The van der Waals surface area contributed by atoms with E-state index in [1.165, 1.54) is 5.56 Å². The topological polar surface area (TPSA) is 21.3 Å². The average molecular weight is 189 g/mol. The number of para-hydroxylation sites is 1. The summed E-state index contributed by atoms with van der Waals surface area (Å²) in [6.45, 7) is 2.11. The molecule has 1 aromatic carbocycles. The Morgan fingerprint density at radius 1 is 1.21 bits per heavy atom. The zero-order valence-electron chi connectivity index (χ0n) is 8.25. The van der Waals surface area contributed by atoms with Crippen molar-refractivity contribution in [3.8, 4) is 5.75 Å². The van der Waals surface area contributed by atoms with E-state index in [-0.39, 0.29) is 5.60 Å². The van der Waals surface area contributed by atoms with Gasteiger partial charge < -0.3 is 10.1 Å². The van der Waals surface area contributed by atoms with Crippen LogP contribution in [0, 0.1) is 0 Å². The molecule has 0 saturated carbocycles. The lowest BCUT2D eigenvalue weighted by molar-refractivity contribution is 0.0665. The van der Waals surface area contributed by atoms with Crippen LogP contribution >= 0.6 is 0 Å². The summed E-state index contributed by atoms with van der Waals surface area (Å²) in [7, 11) is 0. The number of fused-ring (bicyclic) bond motifs is 1. The lowest BCUT2D eigenvalue weighted by atomic mass is 9.90. The molecule has 2 aliphatic heterocycles. The van der Waals surface area contributed by atoms with Gasteiger partial charge in [-0.15, -0.1) is 0 Å². The summed E-state index contributed by atoms with van der Waals surface area (Å²) in [6.07, 6.45) is 3.48. The van der Waals surface area contributed by atoms with Gasteiger partial charge in [-0.05, 0) is 31.0 Å². The first-order chi connectivity index (χ1) is 6.88. The second kappa shape index (κ2) is 2.99. The molecule has 2 nitrogen and oxygen atoms in total. The maximum Gasteiger partial charge on any atom is 0.123 e. The van der Waals surface area contributed by atoms with Crippen molar-refractivity contribution in [2.24, 2.45) is 0 Å². The van der Waals surface area contributed by atoms with Crippen molar-refractivity contribution < 1.29 is 4.74 Å². The summed E-state index contributed by atoms with van der Waals surface area (Å²) in [6, 6.07) is 8.41. The van der Waals surface area contributed by atoms with Crippen molar-refractivity contribution in [1.29, 1.82) is 0 Å². The van der Waals surface area contributed by atoms with Crippen LogP contribution in [0.25, 0.3) is 0 Å². The Balaban J connectivity index is 1.92. The Labute approximate surface area is 84.3 Å². The summed E-state index contributed by atoms with van der Waals surface area (Å²) < 4.78 is 6.12. The Bertz CT molecular complexity index is 342. The molecule has 3 rings (SSSR count). The third-order valence-electron chi connectivity index (χ3n) is 3.35. The molecule has 1 saturated heterocycles. The number of hydrogen-bond acceptors (Lipinski definition) is 2. The highest BCUT2D eigenvalue weighted by Gasteiger charge is 2.38. The van der Waals surface area contributed by atoms with Crippen molar-refractivity contribution in [2.45, 2.75) is 24.9 Å². The number of benzene rings is 1. The molecule has 1 fully saturated rings. The molecule has 2 aliphatic rings. The van der Waals surface area contributed by atoms with Gasteiger partial charge in [-0.1, -0.05) is 18.2 Å². The highest BCUT2D eigenvalue weighted by Crippen LogP contribution is 2.36. The van der Waals surface area contributed by atoms with E-state index in [4.69, 9.17) is 4.74 Å². The standard InChI is InChI=1S/C12H15NO/c1-2-4-11-10(3-1)5-6-12(14-11)7-8-13-9-12/h1-4,13H,5-9H2. The van der Waals surface area contributed by atoms with E-state index in [1.807, 2.05) is 0 Å². The van der Waals surface area contributed by atoms with Crippen LogP contribution in [-0.2, 0) is 6.42 Å². The predicted molar refractivity (Wildman–Crippen MR) is 55.6 cm³/mol. The molecule has 0 aliphatic carbocycles. The van der Waals surface area contributed by atoms with Crippen LogP contribution < -0.4 is 10.1 Å². The minimum Gasteiger partial charge on any atom is -0.486 e. The van der Waals surface area contributed by atoms with Gasteiger partial charge in [0.2, 0.25) is 0 Å². The first-order valence-corrected chi connectivity index (χ1v) is 5.36. The molecule has 14 heavy (non-hydrogen) atoms. The lowest BCUT2D eigenvalue weighted by Crippen LogP contribution is -2.41. The monoisotopic (exact) mass is 189 g/mol. The molecule has 0 radical (unpaired) electrons. The van der Waals surface area contributed by atoms with E-state index in [1.54, 1.807) is 0 Å². The smallest absolute Gasteiger partial charge is 0.123 e. The molecule has 1 N–H and O–H groups in total. The SMILES string of the molecule is c1ccc2c(c1)CCC1(CCNC1)O2. The fourth-order valence-electron chi connectivity index (χ4n) is 2.48. The van der Waals surface area contributed by atoms with Crippen molar-refractivity contribution in [3.05, 3.63) is 29.8 Å². The second-order valence-electron chi connectivity index (χ2n) is 4.32. The van der Waals surface area contributed by atoms with Gasteiger partial charge in [0, 0.05) is 13.0 Å². The van der Waals surface area contributed by atoms with Crippen LogP contribution in [0.4, 0.5) is 0 Å². The minimum absolute atomic E-state index is 0.106. The maximum atomic E-state index is 6.12. The fourth-order valence-corrected chi connectivity index (χ4v) is 2.48. The highest BCUT2D eigenvalue weighted by molar-refractivity contribution is 5.36. The first kappa shape index (κ1) is 8.30. The fraction of sp³-hybridized carbons (Fsp3) is 0.500. The lowest BCUT2D eigenvalue weighted by Gasteiger charge is -2.34. The van der Waals surface area contributed by atoms with Crippen LogP contribution in [0.15, 0.2) is 24.3 Å². The summed E-state index contributed by atoms with van der Waals surface area (Å²) in [5, 5.41) is 3.39. The van der Waals surface area contributed by atoms with Gasteiger partial charge in [0.25, 0.3) is 0 Å². The molecule has 2 heteroatoms. The molecule has 0 bridgehead atoms. The molecular formula is C12H15NO. The summed E-state index contributed by atoms with van der Waals surface area (Å²) >= 11 is 0. The van der Waals surface area contributed by atoms with Crippen LogP contribution in [0.1, 0.15) is 18.4 Å². The van der Waals surface area contributed by atoms with Crippen LogP contribution in [0.3, 0.4) is 0 Å². The van der Waals surface area contributed by atoms with E-state index in [9.17, 15) is 0 Å². The third kappa shape index (κ3) is 1.22. The number of aryl methyl sites for hydroxylation is 1. The normalized spacial score (nSPS) is 30.0. The van der Waals surface area contributed by atoms with Gasteiger partial charge in [-0.3, -0.25) is 0 Å². The van der Waals surface area contributed by atoms with Gasteiger partial charge in [-0.2, -0.15) is 0 Å². The largest absolute Gasteiger partial charge is 0.486 e. The highest BCUT2D eigenvalue weighted by atomic mass is 16.5. The molecule has 0 amide bonds. The number of nitrogens with one attached hydrogen (secondary N) is 1. The number of ether oxygens (including phenoxy) is 1. The average Bonchev–Trinajstić information content (AvgIpc) is 2.66. The molecule has 0 aromatic heterocycles. The van der Waals surface area contributed by atoms with Gasteiger partial charge >= 0.3 is 0 Å². The van der Waals surface area contributed by atoms with Crippen molar-refractivity contribution in [2.75, 3.05) is 13.1 Å². The third-order valence-corrected chi connectivity index (χ3v) is 3.35. The van der Waals surface area contributed by atoms with Crippen LogP contribution in [0.5, 0.6) is 5.75 Å². The summed E-state index contributed by atoms with van der Waals surface area (Å²) in [5.41, 5.74) is 1.47. The van der Waals surface area contributed by atoms with E-state index in [0.29, 0.717) is 0 Å². The Morgan fingerprint density at radius 3 is 3.00 bits per heavy atom. The van der Waals surface area contributed by atoms with E-state index in [0.717, 1.165) is 38.1 Å². The quantitative estimate of drug-likeness (QED) is 0.671. The molecular weight excluding hydrogens is 174 g/mol. The molecule has 74 valence electrons. The van der Waals surface area contributed by atoms with Crippen LogP contribution in [-0.4, -0.2) is 18.7 Å².